The van der Waals surface area contributed by atoms with Crippen LogP contribution in [0, 0.1) is 0 Å². The molecule has 0 radical (unpaired) electrons. The predicted molar refractivity (Wildman–Crippen MR) is 120 cm³/mol. The summed E-state index contributed by atoms with van der Waals surface area (Å²) in [6.07, 6.45) is 5.00. The lowest BCUT2D eigenvalue weighted by atomic mass is 10.2. The van der Waals surface area contributed by atoms with E-state index in [-0.39, 0.29) is 0 Å². The lowest BCUT2D eigenvalue weighted by molar-refractivity contribution is -0.137. The first-order valence-corrected chi connectivity index (χ1v) is 10.3. The molecule has 0 atom stereocenters. The maximum Gasteiger partial charge on any atom is 0.343 e. The quantitative estimate of drug-likeness (QED) is 0.130. The summed E-state index contributed by atoms with van der Waals surface area (Å²) < 4.78 is 26.4. The molecule has 0 saturated carbocycles. The van der Waals surface area contributed by atoms with Gasteiger partial charge >= 0.3 is 11.9 Å². The van der Waals surface area contributed by atoms with Crippen molar-refractivity contribution in [1.29, 1.82) is 0 Å². The number of benzene rings is 2. The molecule has 0 aliphatic heterocycles. The van der Waals surface area contributed by atoms with E-state index >= 15 is 0 Å². The van der Waals surface area contributed by atoms with Crippen LogP contribution in [0.1, 0.15) is 29.6 Å². The minimum atomic E-state index is -0.461. The zero-order valence-electron chi connectivity index (χ0n) is 18.0. The Balaban J connectivity index is 1.68. The van der Waals surface area contributed by atoms with E-state index < -0.39 is 11.9 Å². The molecular formula is C25H28O7. The van der Waals surface area contributed by atoms with Crippen LogP contribution < -0.4 is 14.2 Å². The predicted octanol–water partition coefficient (Wildman–Crippen LogP) is 4.72. The molecule has 0 bridgehead atoms. The number of carbonyl (C=O) groups excluding carboxylic acids is 2. The van der Waals surface area contributed by atoms with Crippen molar-refractivity contribution in [3.8, 4) is 17.2 Å². The minimum absolute atomic E-state index is 0.380. The third kappa shape index (κ3) is 9.38. The third-order valence-corrected chi connectivity index (χ3v) is 4.18. The molecule has 2 rings (SSSR count). The summed E-state index contributed by atoms with van der Waals surface area (Å²) in [5, 5.41) is 0. The number of hydrogen-bond acceptors (Lipinski definition) is 7. The SMILES string of the molecule is C=COCCOc1ccc(C(=O)Oc2ccc(OCCCCCOC(=O)C=C)cc2)cc1. The summed E-state index contributed by atoms with van der Waals surface area (Å²) in [7, 11) is 0. The summed E-state index contributed by atoms with van der Waals surface area (Å²) in [5.74, 6) is 0.877. The molecule has 0 spiro atoms. The zero-order chi connectivity index (χ0) is 23.0. The monoisotopic (exact) mass is 440 g/mol. The number of ether oxygens (including phenoxy) is 5. The second kappa shape index (κ2) is 14.3. The van der Waals surface area contributed by atoms with Crippen molar-refractivity contribution in [3.63, 3.8) is 0 Å². The molecule has 0 unspecified atom stereocenters. The average molecular weight is 440 g/mol. The van der Waals surface area contributed by atoms with Gasteiger partial charge in [-0.3, -0.25) is 0 Å². The average Bonchev–Trinajstić information content (AvgIpc) is 2.82. The van der Waals surface area contributed by atoms with E-state index in [9.17, 15) is 9.59 Å². The van der Waals surface area contributed by atoms with E-state index in [1.54, 1.807) is 48.5 Å². The highest BCUT2D eigenvalue weighted by Crippen LogP contribution is 2.20. The second-order valence-corrected chi connectivity index (χ2v) is 6.55. The molecule has 0 aliphatic carbocycles. The highest BCUT2D eigenvalue weighted by molar-refractivity contribution is 5.91. The van der Waals surface area contributed by atoms with Gasteiger partial charge in [0.05, 0.1) is 25.0 Å². The molecule has 0 saturated heterocycles. The van der Waals surface area contributed by atoms with Gasteiger partial charge in [0.1, 0.15) is 30.5 Å². The van der Waals surface area contributed by atoms with E-state index in [0.29, 0.717) is 49.2 Å². The maximum absolute atomic E-state index is 12.3. The van der Waals surface area contributed by atoms with Gasteiger partial charge in [-0.05, 0) is 67.8 Å². The third-order valence-electron chi connectivity index (χ3n) is 4.18. The van der Waals surface area contributed by atoms with Crippen LogP contribution in [0.2, 0.25) is 0 Å². The largest absolute Gasteiger partial charge is 0.498 e. The second-order valence-electron chi connectivity index (χ2n) is 6.55. The number of esters is 2. The van der Waals surface area contributed by atoms with Gasteiger partial charge in [-0.2, -0.15) is 0 Å². The molecule has 170 valence electrons. The number of hydrogen-bond donors (Lipinski definition) is 0. The van der Waals surface area contributed by atoms with Crippen molar-refractivity contribution in [2.75, 3.05) is 26.4 Å². The lowest BCUT2D eigenvalue weighted by Crippen LogP contribution is -2.09. The molecule has 0 heterocycles. The van der Waals surface area contributed by atoms with E-state index in [1.165, 1.54) is 6.26 Å². The fourth-order valence-electron chi connectivity index (χ4n) is 2.55. The Hall–Kier alpha value is -3.74. The number of rotatable bonds is 15. The molecule has 0 N–H and O–H groups in total. The first-order chi connectivity index (χ1) is 15.6. The van der Waals surface area contributed by atoms with E-state index in [4.69, 9.17) is 23.7 Å². The van der Waals surface area contributed by atoms with Gasteiger partial charge in [-0.1, -0.05) is 13.2 Å². The summed E-state index contributed by atoms with van der Waals surface area (Å²) in [6.45, 7) is 8.51. The van der Waals surface area contributed by atoms with Gasteiger partial charge in [0.2, 0.25) is 0 Å². The smallest absolute Gasteiger partial charge is 0.343 e. The topological polar surface area (TPSA) is 80.3 Å². The van der Waals surface area contributed by atoms with Crippen molar-refractivity contribution in [2.45, 2.75) is 19.3 Å². The molecular weight excluding hydrogens is 412 g/mol. The van der Waals surface area contributed by atoms with Crippen LogP contribution in [-0.2, 0) is 14.3 Å². The Labute approximate surface area is 188 Å². The van der Waals surface area contributed by atoms with Crippen LogP contribution in [-0.4, -0.2) is 38.4 Å². The van der Waals surface area contributed by atoms with Crippen LogP contribution in [0.3, 0.4) is 0 Å². The van der Waals surface area contributed by atoms with Crippen molar-refractivity contribution >= 4 is 11.9 Å². The van der Waals surface area contributed by atoms with Gasteiger partial charge in [0.15, 0.2) is 0 Å². The van der Waals surface area contributed by atoms with E-state index in [0.717, 1.165) is 25.3 Å². The van der Waals surface area contributed by atoms with Gasteiger partial charge in [-0.15, -0.1) is 0 Å². The molecule has 32 heavy (non-hydrogen) atoms. The lowest BCUT2D eigenvalue weighted by Gasteiger charge is -2.09. The van der Waals surface area contributed by atoms with Gasteiger partial charge < -0.3 is 23.7 Å². The van der Waals surface area contributed by atoms with Crippen LogP contribution in [0.25, 0.3) is 0 Å². The molecule has 2 aromatic rings. The fourth-order valence-corrected chi connectivity index (χ4v) is 2.55. The number of carbonyl (C=O) groups is 2. The summed E-state index contributed by atoms with van der Waals surface area (Å²) in [4.78, 5) is 23.2. The van der Waals surface area contributed by atoms with Crippen molar-refractivity contribution < 1.29 is 33.3 Å². The Morgan fingerprint density at radius 1 is 0.719 bits per heavy atom. The van der Waals surface area contributed by atoms with Crippen molar-refractivity contribution in [3.05, 3.63) is 79.6 Å². The minimum Gasteiger partial charge on any atom is -0.498 e. The molecule has 0 amide bonds. The van der Waals surface area contributed by atoms with Crippen molar-refractivity contribution in [1.82, 2.24) is 0 Å². The van der Waals surface area contributed by atoms with Gasteiger partial charge in [0.25, 0.3) is 0 Å². The van der Waals surface area contributed by atoms with E-state index in [2.05, 4.69) is 13.2 Å². The Morgan fingerprint density at radius 3 is 1.97 bits per heavy atom. The Morgan fingerprint density at radius 2 is 1.31 bits per heavy atom. The first kappa shape index (κ1) is 24.5. The highest BCUT2D eigenvalue weighted by atomic mass is 16.5. The number of unbranched alkanes of at least 4 members (excludes halogenated alkanes) is 2. The summed E-state index contributed by atoms with van der Waals surface area (Å²) in [5.41, 5.74) is 0.416. The molecule has 7 nitrogen and oxygen atoms in total. The highest BCUT2D eigenvalue weighted by Gasteiger charge is 2.09. The molecule has 0 aromatic heterocycles. The molecule has 2 aromatic carbocycles. The van der Waals surface area contributed by atoms with Crippen LogP contribution in [0.15, 0.2) is 74.0 Å². The first-order valence-electron chi connectivity index (χ1n) is 10.3. The van der Waals surface area contributed by atoms with Crippen molar-refractivity contribution in [2.24, 2.45) is 0 Å². The molecule has 0 aliphatic rings. The Bertz CT molecular complexity index is 857. The normalized spacial score (nSPS) is 10.0. The maximum atomic E-state index is 12.3. The van der Waals surface area contributed by atoms with Gasteiger partial charge in [0, 0.05) is 6.08 Å². The molecule has 0 fully saturated rings. The standard InChI is InChI=1S/C25H28O7/c1-3-24(26)31-17-7-5-6-16-29-22-12-14-23(15-13-22)32-25(27)20-8-10-21(11-9-20)30-19-18-28-4-2/h3-4,8-15H,1-2,5-7,16-19H2. The van der Waals surface area contributed by atoms with E-state index in [1.807, 2.05) is 0 Å². The van der Waals surface area contributed by atoms with Crippen LogP contribution >= 0.6 is 0 Å². The summed E-state index contributed by atoms with van der Waals surface area (Å²) >= 11 is 0. The summed E-state index contributed by atoms with van der Waals surface area (Å²) in [6, 6.07) is 13.5. The van der Waals surface area contributed by atoms with Crippen LogP contribution in [0.5, 0.6) is 17.2 Å². The Kier molecular flexibility index (Phi) is 11.0. The zero-order valence-corrected chi connectivity index (χ0v) is 18.0. The van der Waals surface area contributed by atoms with Crippen LogP contribution in [0.4, 0.5) is 0 Å². The van der Waals surface area contributed by atoms with Gasteiger partial charge in [-0.25, -0.2) is 9.59 Å². The fraction of sp³-hybridized carbons (Fsp3) is 0.280. The molecule has 7 heteroatoms.